The first-order chi connectivity index (χ1) is 10.7. The monoisotopic (exact) mass is 344 g/mol. The number of nitro benzene ring substituents is 1. The Bertz CT molecular complexity index is 523. The van der Waals surface area contributed by atoms with Crippen LogP contribution >= 0.6 is 12.4 Å². The summed E-state index contributed by atoms with van der Waals surface area (Å²) in [7, 11) is 0. The molecule has 0 spiro atoms. The van der Waals surface area contributed by atoms with Gasteiger partial charge in [0.2, 0.25) is 0 Å². The highest BCUT2D eigenvalue weighted by molar-refractivity contribution is 5.85. The predicted octanol–water partition coefficient (Wildman–Crippen LogP) is 0.417. The molecule has 1 saturated heterocycles. The number of rotatable bonds is 7. The van der Waals surface area contributed by atoms with Gasteiger partial charge < -0.3 is 15.4 Å². The Hall–Kier alpha value is -1.90. The molecule has 0 aromatic heterocycles. The topological polar surface area (TPSA) is 96.7 Å². The van der Waals surface area contributed by atoms with Gasteiger partial charge in [-0.05, 0) is 6.07 Å². The molecule has 0 unspecified atom stereocenters. The van der Waals surface area contributed by atoms with Crippen molar-refractivity contribution in [3.8, 4) is 5.75 Å². The summed E-state index contributed by atoms with van der Waals surface area (Å²) in [5.74, 6) is -0.182. The fourth-order valence-electron chi connectivity index (χ4n) is 2.21. The lowest BCUT2D eigenvalue weighted by Gasteiger charge is -2.27. The molecule has 1 aliphatic rings. The fraction of sp³-hybridized carbons (Fsp3) is 0.500. The summed E-state index contributed by atoms with van der Waals surface area (Å²) in [5, 5.41) is 16.8. The van der Waals surface area contributed by atoms with Crippen LogP contribution < -0.4 is 15.4 Å². The van der Waals surface area contributed by atoms with E-state index in [1.165, 1.54) is 12.1 Å². The van der Waals surface area contributed by atoms with E-state index < -0.39 is 4.92 Å². The first-order valence-electron chi connectivity index (χ1n) is 7.23. The number of hydrogen-bond acceptors (Lipinski definition) is 6. The van der Waals surface area contributed by atoms with E-state index in [1.807, 2.05) is 0 Å². The molecule has 128 valence electrons. The van der Waals surface area contributed by atoms with Gasteiger partial charge in [-0.3, -0.25) is 19.8 Å². The highest BCUT2D eigenvalue weighted by Gasteiger charge is 2.15. The van der Waals surface area contributed by atoms with Gasteiger partial charge in [0.15, 0.2) is 12.4 Å². The van der Waals surface area contributed by atoms with Gasteiger partial charge in [0.25, 0.3) is 5.91 Å². The summed E-state index contributed by atoms with van der Waals surface area (Å²) < 4.78 is 5.23. The first kappa shape index (κ1) is 19.1. The van der Waals surface area contributed by atoms with Gasteiger partial charge in [-0.25, -0.2) is 0 Å². The Balaban J connectivity index is 0.00000264. The van der Waals surface area contributed by atoms with Crippen LogP contribution in [0.25, 0.3) is 0 Å². The Morgan fingerprint density at radius 3 is 2.74 bits per heavy atom. The molecule has 0 bridgehead atoms. The second kappa shape index (κ2) is 9.98. The lowest BCUT2D eigenvalue weighted by molar-refractivity contribution is -0.385. The van der Waals surface area contributed by atoms with Gasteiger partial charge >= 0.3 is 5.69 Å². The number of nitro groups is 1. The summed E-state index contributed by atoms with van der Waals surface area (Å²) in [6.07, 6.45) is 0. The summed E-state index contributed by atoms with van der Waals surface area (Å²) in [4.78, 5) is 24.3. The molecule has 1 aliphatic heterocycles. The molecule has 2 rings (SSSR count). The number of para-hydroxylation sites is 2. The van der Waals surface area contributed by atoms with E-state index in [2.05, 4.69) is 15.5 Å². The molecule has 1 fully saturated rings. The molecule has 1 amide bonds. The van der Waals surface area contributed by atoms with Gasteiger partial charge in [0.05, 0.1) is 4.92 Å². The zero-order valence-corrected chi connectivity index (χ0v) is 13.5. The van der Waals surface area contributed by atoms with Crippen molar-refractivity contribution in [1.82, 2.24) is 15.5 Å². The van der Waals surface area contributed by atoms with Crippen LogP contribution in [0, 0.1) is 10.1 Å². The number of halogens is 1. The van der Waals surface area contributed by atoms with Crippen molar-refractivity contribution in [2.45, 2.75) is 0 Å². The summed E-state index contributed by atoms with van der Waals surface area (Å²) in [6, 6.07) is 6.01. The molecule has 0 atom stereocenters. The number of ether oxygens (including phenoxy) is 1. The number of benzene rings is 1. The van der Waals surface area contributed by atoms with Crippen LogP contribution in [-0.4, -0.2) is 61.6 Å². The van der Waals surface area contributed by atoms with Crippen molar-refractivity contribution in [2.75, 3.05) is 45.9 Å². The highest BCUT2D eigenvalue weighted by Crippen LogP contribution is 2.25. The van der Waals surface area contributed by atoms with E-state index in [4.69, 9.17) is 4.74 Å². The Labute approximate surface area is 140 Å². The van der Waals surface area contributed by atoms with Crippen LogP contribution in [0.5, 0.6) is 5.75 Å². The summed E-state index contributed by atoms with van der Waals surface area (Å²) in [6.45, 7) is 4.99. The van der Waals surface area contributed by atoms with Crippen molar-refractivity contribution < 1.29 is 14.5 Å². The molecule has 1 aromatic rings. The zero-order chi connectivity index (χ0) is 15.8. The number of piperazine rings is 1. The maximum Gasteiger partial charge on any atom is 0.310 e. The van der Waals surface area contributed by atoms with E-state index in [-0.39, 0.29) is 36.4 Å². The predicted molar refractivity (Wildman–Crippen MR) is 88.2 cm³/mol. The highest BCUT2D eigenvalue weighted by atomic mass is 35.5. The van der Waals surface area contributed by atoms with Gasteiger partial charge in [-0.1, -0.05) is 12.1 Å². The normalized spacial score (nSPS) is 14.6. The Morgan fingerprint density at radius 2 is 2.04 bits per heavy atom. The van der Waals surface area contributed by atoms with Crippen LogP contribution in [0.15, 0.2) is 24.3 Å². The second-order valence-corrected chi connectivity index (χ2v) is 4.96. The molecular formula is C14H21ClN4O4. The van der Waals surface area contributed by atoms with Crippen LogP contribution in [0.1, 0.15) is 0 Å². The quantitative estimate of drug-likeness (QED) is 0.549. The van der Waals surface area contributed by atoms with E-state index in [9.17, 15) is 14.9 Å². The average Bonchev–Trinajstić information content (AvgIpc) is 2.54. The fourth-order valence-corrected chi connectivity index (χ4v) is 2.21. The first-order valence-corrected chi connectivity index (χ1v) is 7.23. The second-order valence-electron chi connectivity index (χ2n) is 4.96. The average molecular weight is 345 g/mol. The van der Waals surface area contributed by atoms with Crippen LogP contribution in [0.4, 0.5) is 5.69 Å². The molecule has 1 aromatic carbocycles. The zero-order valence-electron chi connectivity index (χ0n) is 12.7. The number of carbonyl (C=O) groups is 1. The molecule has 2 N–H and O–H groups in total. The minimum absolute atomic E-state index is 0. The number of carbonyl (C=O) groups excluding carboxylic acids is 1. The van der Waals surface area contributed by atoms with Crippen LogP contribution in [0.2, 0.25) is 0 Å². The van der Waals surface area contributed by atoms with Gasteiger partial charge in [-0.15, -0.1) is 12.4 Å². The van der Waals surface area contributed by atoms with E-state index >= 15 is 0 Å². The number of amides is 1. The lowest BCUT2D eigenvalue weighted by Crippen LogP contribution is -2.46. The third-order valence-corrected chi connectivity index (χ3v) is 3.38. The third kappa shape index (κ3) is 6.39. The van der Waals surface area contributed by atoms with Crippen molar-refractivity contribution in [3.63, 3.8) is 0 Å². The molecule has 1 heterocycles. The molecule has 9 heteroatoms. The van der Waals surface area contributed by atoms with Gasteiger partial charge in [0.1, 0.15) is 0 Å². The third-order valence-electron chi connectivity index (χ3n) is 3.38. The maximum atomic E-state index is 11.7. The number of hydrogen-bond donors (Lipinski definition) is 2. The van der Waals surface area contributed by atoms with Crippen LogP contribution in [0.3, 0.4) is 0 Å². The van der Waals surface area contributed by atoms with E-state index in [0.717, 1.165) is 32.7 Å². The maximum absolute atomic E-state index is 11.7. The van der Waals surface area contributed by atoms with Crippen molar-refractivity contribution in [2.24, 2.45) is 0 Å². The Morgan fingerprint density at radius 1 is 1.35 bits per heavy atom. The Kier molecular flexibility index (Phi) is 8.31. The number of nitrogens with one attached hydrogen (secondary N) is 2. The van der Waals surface area contributed by atoms with Crippen molar-refractivity contribution in [1.29, 1.82) is 0 Å². The molecule has 23 heavy (non-hydrogen) atoms. The van der Waals surface area contributed by atoms with Crippen molar-refractivity contribution >= 4 is 24.0 Å². The van der Waals surface area contributed by atoms with Crippen LogP contribution in [-0.2, 0) is 4.79 Å². The standard InChI is InChI=1S/C14H20N4O4.ClH/c19-14(16-7-10-17-8-5-15-6-9-17)11-22-13-4-2-1-3-12(13)18(20)21;/h1-4,15H,5-11H2,(H,16,19);1H. The lowest BCUT2D eigenvalue weighted by atomic mass is 10.3. The number of nitrogens with zero attached hydrogens (tertiary/aromatic N) is 2. The summed E-state index contributed by atoms with van der Waals surface area (Å²) >= 11 is 0. The smallest absolute Gasteiger partial charge is 0.310 e. The van der Waals surface area contributed by atoms with Gasteiger partial charge in [-0.2, -0.15) is 0 Å². The van der Waals surface area contributed by atoms with E-state index in [0.29, 0.717) is 6.54 Å². The minimum Gasteiger partial charge on any atom is -0.477 e. The molecule has 0 aliphatic carbocycles. The molecular weight excluding hydrogens is 324 g/mol. The summed E-state index contributed by atoms with van der Waals surface area (Å²) in [5.41, 5.74) is -0.142. The molecule has 0 radical (unpaired) electrons. The molecule has 0 saturated carbocycles. The van der Waals surface area contributed by atoms with Gasteiger partial charge in [0, 0.05) is 45.3 Å². The van der Waals surface area contributed by atoms with Crippen molar-refractivity contribution in [3.05, 3.63) is 34.4 Å². The largest absolute Gasteiger partial charge is 0.477 e. The SMILES string of the molecule is Cl.O=C(COc1ccccc1[N+](=O)[O-])NCCN1CCNCC1. The minimum atomic E-state index is -0.530. The molecule has 8 nitrogen and oxygen atoms in total. The van der Waals surface area contributed by atoms with E-state index in [1.54, 1.807) is 12.1 Å².